The topological polar surface area (TPSA) is 93.7 Å². The van der Waals surface area contributed by atoms with E-state index in [9.17, 15) is 9.59 Å². The molecule has 0 spiro atoms. The number of nitrogens with zero attached hydrogens (tertiary/aromatic N) is 3. The van der Waals surface area contributed by atoms with Crippen molar-refractivity contribution in [3.05, 3.63) is 60.6 Å². The highest BCUT2D eigenvalue weighted by Gasteiger charge is 2.47. The molecule has 0 bridgehead atoms. The van der Waals surface area contributed by atoms with Gasteiger partial charge in [0.25, 0.3) is 0 Å². The summed E-state index contributed by atoms with van der Waals surface area (Å²) in [7, 11) is 3.48. The molecule has 1 unspecified atom stereocenters. The van der Waals surface area contributed by atoms with E-state index in [-0.39, 0.29) is 24.0 Å². The number of nitrogens with one attached hydrogen (secondary N) is 1. The van der Waals surface area contributed by atoms with Crippen LogP contribution in [0.1, 0.15) is 57.9 Å². The molecule has 8 nitrogen and oxygen atoms in total. The normalized spacial score (nSPS) is 22.0. The summed E-state index contributed by atoms with van der Waals surface area (Å²) in [4.78, 5) is 38.4. The van der Waals surface area contributed by atoms with Gasteiger partial charge >= 0.3 is 0 Å². The molecule has 2 aliphatic rings. The number of ether oxygens (including phenoxy) is 2. The van der Waals surface area contributed by atoms with Crippen LogP contribution in [0.4, 0.5) is 0 Å². The maximum absolute atomic E-state index is 13.7. The number of carbonyl (C=O) groups excluding carboxylic acids is 2. The Morgan fingerprint density at radius 1 is 1.14 bits per heavy atom. The highest BCUT2D eigenvalue weighted by atomic mass is 32.1. The smallest absolute Gasteiger partial charge is 0.226 e. The molecular formula is C35H46N4O4S. The molecule has 0 radical (unpaired) electrons. The highest BCUT2D eigenvalue weighted by molar-refractivity contribution is 7.13. The largest absolute Gasteiger partial charge is 0.496 e. The first-order valence-electron chi connectivity index (χ1n) is 15.7. The maximum atomic E-state index is 13.7. The fourth-order valence-electron chi connectivity index (χ4n) is 5.95. The predicted octanol–water partition coefficient (Wildman–Crippen LogP) is 6.98. The van der Waals surface area contributed by atoms with Crippen molar-refractivity contribution < 1.29 is 19.1 Å². The number of benzene rings is 1. The summed E-state index contributed by atoms with van der Waals surface area (Å²) in [5.41, 5.74) is 2.40. The van der Waals surface area contributed by atoms with E-state index in [2.05, 4.69) is 23.5 Å². The van der Waals surface area contributed by atoms with E-state index in [0.29, 0.717) is 36.7 Å². The Balaban J connectivity index is 0.00000216. The summed E-state index contributed by atoms with van der Waals surface area (Å²) in [5, 5.41) is 6.73. The number of fused-ring (bicyclic) bond motifs is 1. The van der Waals surface area contributed by atoms with Crippen LogP contribution < -0.4 is 14.8 Å². The van der Waals surface area contributed by atoms with Gasteiger partial charge in [-0.05, 0) is 63.5 Å². The zero-order valence-corrected chi connectivity index (χ0v) is 27.5. The zero-order chi connectivity index (χ0) is 31.8. The lowest BCUT2D eigenvalue weighted by Gasteiger charge is -2.24. The van der Waals surface area contributed by atoms with Gasteiger partial charge in [-0.3, -0.25) is 9.59 Å². The Labute approximate surface area is 265 Å². The number of carbonyl (C=O) groups is 2. The summed E-state index contributed by atoms with van der Waals surface area (Å²) in [6, 6.07) is 5.89. The van der Waals surface area contributed by atoms with Crippen molar-refractivity contribution in [3.8, 4) is 22.2 Å². The van der Waals surface area contributed by atoms with Crippen molar-refractivity contribution in [2.45, 2.75) is 71.4 Å². The number of allylic oxidation sites excluding steroid dienone is 1. The molecule has 0 aliphatic heterocycles. The fourth-order valence-corrected chi connectivity index (χ4v) is 6.55. The Morgan fingerprint density at radius 2 is 1.91 bits per heavy atom. The average Bonchev–Trinajstić information content (AvgIpc) is 3.37. The number of amides is 2. The molecule has 9 heteroatoms. The van der Waals surface area contributed by atoms with Gasteiger partial charge in [-0.15, -0.1) is 24.5 Å². The van der Waals surface area contributed by atoms with Crippen LogP contribution in [0.5, 0.6) is 11.5 Å². The summed E-state index contributed by atoms with van der Waals surface area (Å²) < 4.78 is 12.3. The number of pyridine rings is 1. The van der Waals surface area contributed by atoms with E-state index in [0.717, 1.165) is 52.9 Å². The minimum Gasteiger partial charge on any atom is -0.496 e. The molecule has 2 aromatic heterocycles. The summed E-state index contributed by atoms with van der Waals surface area (Å²) in [6.07, 6.45) is 9.85. The average molecular weight is 619 g/mol. The molecule has 0 saturated heterocycles. The van der Waals surface area contributed by atoms with E-state index in [4.69, 9.17) is 14.5 Å². The minimum absolute atomic E-state index is 0.000405. The summed E-state index contributed by atoms with van der Waals surface area (Å²) >= 11 is 1.51. The molecule has 5 atom stereocenters. The van der Waals surface area contributed by atoms with Gasteiger partial charge in [0.1, 0.15) is 28.3 Å². The molecule has 2 aliphatic carbocycles. The first-order valence-corrected chi connectivity index (χ1v) is 16.6. The summed E-state index contributed by atoms with van der Waals surface area (Å²) in [6.45, 7) is 14.3. The molecule has 236 valence electrons. The zero-order valence-electron chi connectivity index (χ0n) is 26.7. The number of unbranched alkanes of at least 4 members (excludes halogenated alkanes) is 2. The van der Waals surface area contributed by atoms with Crippen LogP contribution >= 0.6 is 11.3 Å². The molecule has 5 rings (SSSR count). The number of thiazole rings is 1. The van der Waals surface area contributed by atoms with Crippen LogP contribution in [0.2, 0.25) is 0 Å². The summed E-state index contributed by atoms with van der Waals surface area (Å²) in [5.74, 6) is 0.731. The molecule has 1 N–H and O–H groups in total. The van der Waals surface area contributed by atoms with Gasteiger partial charge < -0.3 is 19.7 Å². The lowest BCUT2D eigenvalue weighted by molar-refractivity contribution is -0.139. The third kappa shape index (κ3) is 7.49. The molecule has 44 heavy (non-hydrogen) atoms. The van der Waals surface area contributed by atoms with Crippen LogP contribution in [0.25, 0.3) is 21.6 Å². The second kappa shape index (κ2) is 15.3. The maximum Gasteiger partial charge on any atom is 0.226 e. The first kappa shape index (κ1) is 33.2. The molecule has 2 saturated carbocycles. The van der Waals surface area contributed by atoms with Gasteiger partial charge in [-0.2, -0.15) is 0 Å². The second-order valence-corrected chi connectivity index (χ2v) is 12.2. The van der Waals surface area contributed by atoms with Crippen LogP contribution in [-0.2, 0) is 9.59 Å². The van der Waals surface area contributed by atoms with Crippen molar-refractivity contribution >= 4 is 34.1 Å². The third-order valence-electron chi connectivity index (χ3n) is 8.48. The first-order chi connectivity index (χ1) is 21.3. The second-order valence-electron chi connectivity index (χ2n) is 11.4. The number of aromatic nitrogens is 2. The number of methoxy groups -OCH3 is 1. The Kier molecular flexibility index (Phi) is 11.6. The molecule has 3 aromatic rings. The van der Waals surface area contributed by atoms with Gasteiger partial charge in [0.05, 0.1) is 24.5 Å². The Bertz CT molecular complexity index is 1460. The van der Waals surface area contributed by atoms with Crippen molar-refractivity contribution in [2.24, 2.45) is 17.8 Å². The molecule has 2 fully saturated rings. The van der Waals surface area contributed by atoms with Crippen LogP contribution in [0.15, 0.2) is 55.1 Å². The van der Waals surface area contributed by atoms with Gasteiger partial charge in [-0.25, -0.2) is 9.97 Å². The Morgan fingerprint density at radius 3 is 2.57 bits per heavy atom. The van der Waals surface area contributed by atoms with E-state index in [1.54, 1.807) is 18.2 Å². The van der Waals surface area contributed by atoms with E-state index in [1.165, 1.54) is 11.3 Å². The molecular weight excluding hydrogens is 572 g/mol. The monoisotopic (exact) mass is 618 g/mol. The van der Waals surface area contributed by atoms with E-state index >= 15 is 0 Å². The quantitative estimate of drug-likeness (QED) is 0.164. The van der Waals surface area contributed by atoms with Gasteiger partial charge in [0, 0.05) is 48.2 Å². The Hall–Kier alpha value is -3.72. The van der Waals surface area contributed by atoms with E-state index < -0.39 is 11.8 Å². The van der Waals surface area contributed by atoms with Crippen LogP contribution in [-0.4, -0.2) is 59.5 Å². The van der Waals surface area contributed by atoms with Crippen molar-refractivity contribution in [1.29, 1.82) is 0 Å². The number of hydrogen-bond donors (Lipinski definition) is 1. The van der Waals surface area contributed by atoms with Gasteiger partial charge in [0.2, 0.25) is 11.8 Å². The predicted molar refractivity (Wildman–Crippen MR) is 178 cm³/mol. The fraction of sp³-hybridized carbons (Fsp3) is 0.486. The van der Waals surface area contributed by atoms with Crippen LogP contribution in [0.3, 0.4) is 0 Å². The highest BCUT2D eigenvalue weighted by Crippen LogP contribution is 2.41. The number of rotatable bonds is 13. The SMILES string of the molecule is C=CCCCCN(C)C(=O)[C@@H]1C[C@H](Oc2cc(-c3nccs3)nc3c(C)c(OC)ccc23)CC1C(=O)N[C@@H]1C[C@H]1C=C.CC. The van der Waals surface area contributed by atoms with Crippen LogP contribution in [0, 0.1) is 24.7 Å². The van der Waals surface area contributed by atoms with Crippen molar-refractivity contribution in [3.63, 3.8) is 0 Å². The minimum atomic E-state index is -0.461. The number of aryl methyl sites for hydroxylation is 1. The lowest BCUT2D eigenvalue weighted by atomic mass is 9.93. The molecule has 2 heterocycles. The van der Waals surface area contributed by atoms with Gasteiger partial charge in [0.15, 0.2) is 0 Å². The standard InChI is InChI=1S/C33H40N4O4S.C2H6/c1-6-8-9-10-14-37(4)33(39)25-18-22(17-24(25)31(38)36-26-16-21(26)7-2)41-29-19-27(32-34-13-15-42-32)35-30-20(3)28(40-5)12-11-23(29)30;1-2/h6-7,11-13,15,19,21-22,24-26H,1-2,8-10,14,16-18H2,3-5H3,(H,36,38);1-2H3/t21-,22-,24?,25-,26-;/m1./s1. The molecule has 2 amide bonds. The van der Waals surface area contributed by atoms with Crippen molar-refractivity contribution in [2.75, 3.05) is 20.7 Å². The third-order valence-corrected chi connectivity index (χ3v) is 9.28. The molecule has 1 aromatic carbocycles. The lowest BCUT2D eigenvalue weighted by Crippen LogP contribution is -2.41. The van der Waals surface area contributed by atoms with Gasteiger partial charge in [-0.1, -0.05) is 26.0 Å². The van der Waals surface area contributed by atoms with E-state index in [1.807, 2.05) is 63.6 Å². The number of hydrogen-bond acceptors (Lipinski definition) is 7. The van der Waals surface area contributed by atoms with Crippen molar-refractivity contribution in [1.82, 2.24) is 20.2 Å².